The molecule has 0 bridgehead atoms. The number of piperazine rings is 1. The van der Waals surface area contributed by atoms with Gasteiger partial charge in [0.2, 0.25) is 11.8 Å². The van der Waals surface area contributed by atoms with Crippen LogP contribution in [-0.2, 0) is 23.2 Å². The van der Waals surface area contributed by atoms with E-state index in [1.54, 1.807) is 13.2 Å². The number of nitrogens with one attached hydrogen (secondary N) is 2. The Kier molecular flexibility index (Phi) is 9.02. The zero-order valence-corrected chi connectivity index (χ0v) is 26.1. The van der Waals surface area contributed by atoms with E-state index in [4.69, 9.17) is 11.6 Å². The third-order valence-corrected chi connectivity index (χ3v) is 9.57. The number of piperidine rings is 2. The largest absolute Gasteiger partial charge is 0.378 e. The minimum atomic E-state index is -0.296. The molecule has 0 aliphatic carbocycles. The summed E-state index contributed by atoms with van der Waals surface area (Å²) in [7, 11) is 3.73. The second-order valence-corrected chi connectivity index (χ2v) is 12.8. The van der Waals surface area contributed by atoms with Gasteiger partial charge in [-0.3, -0.25) is 24.6 Å². The number of amides is 2. The van der Waals surface area contributed by atoms with Gasteiger partial charge in [0.25, 0.3) is 5.56 Å². The normalized spacial score (nSPS) is 23.4. The number of halogens is 1. The van der Waals surface area contributed by atoms with Crippen molar-refractivity contribution in [3.63, 3.8) is 0 Å². The Bertz CT molecular complexity index is 1550. The van der Waals surface area contributed by atoms with Crippen LogP contribution in [0, 0.1) is 0 Å². The van der Waals surface area contributed by atoms with Gasteiger partial charge in [0.05, 0.1) is 17.8 Å². The van der Waals surface area contributed by atoms with Crippen molar-refractivity contribution in [2.75, 3.05) is 56.5 Å². The maximum atomic E-state index is 12.2. The van der Waals surface area contributed by atoms with E-state index in [0.29, 0.717) is 24.4 Å². The minimum absolute atomic E-state index is 0.162. The van der Waals surface area contributed by atoms with Gasteiger partial charge in [-0.15, -0.1) is 0 Å². The third kappa shape index (κ3) is 6.82. The van der Waals surface area contributed by atoms with Gasteiger partial charge in [-0.05, 0) is 54.6 Å². The van der Waals surface area contributed by atoms with Crippen molar-refractivity contribution in [3.8, 4) is 0 Å². The molecular formula is C33H40ClN7O3. The van der Waals surface area contributed by atoms with E-state index in [0.717, 1.165) is 57.8 Å². The molecule has 1 unspecified atom stereocenters. The maximum Gasteiger partial charge on any atom is 0.287 e. The number of aromatic nitrogens is 2. The number of likely N-dealkylation sites (tertiary alicyclic amines) is 1. The van der Waals surface area contributed by atoms with Crippen LogP contribution in [0.2, 0.25) is 5.02 Å². The number of aryl methyl sites for hydroxylation is 1. The molecule has 11 heteroatoms. The molecule has 0 spiro atoms. The fourth-order valence-electron chi connectivity index (χ4n) is 6.74. The SMILES string of the molecule is CN1C[C@@H](Nc2cnn(C)c(=O)c2Cl)C[C@@H](c2ccc(CN3CCN(c4ccc(C5CCC(=O)NC5=O)cc4)CC3)cc2)C1. The van der Waals surface area contributed by atoms with Crippen LogP contribution in [0.4, 0.5) is 11.4 Å². The summed E-state index contributed by atoms with van der Waals surface area (Å²) in [6, 6.07) is 17.5. The number of nitrogens with zero attached hydrogens (tertiary/aromatic N) is 5. The molecular weight excluding hydrogens is 578 g/mol. The van der Waals surface area contributed by atoms with E-state index in [9.17, 15) is 14.4 Å². The Morgan fingerprint density at radius 2 is 1.64 bits per heavy atom. The van der Waals surface area contributed by atoms with Gasteiger partial charge in [-0.2, -0.15) is 5.10 Å². The number of hydrogen-bond acceptors (Lipinski definition) is 8. The van der Waals surface area contributed by atoms with Crippen molar-refractivity contribution in [3.05, 3.63) is 86.8 Å². The molecule has 3 saturated heterocycles. The molecule has 3 aliphatic rings. The van der Waals surface area contributed by atoms with Crippen LogP contribution in [0.1, 0.15) is 47.8 Å². The fourth-order valence-corrected chi connectivity index (χ4v) is 6.97. The van der Waals surface area contributed by atoms with E-state index in [2.05, 4.69) is 73.9 Å². The molecule has 2 amide bonds. The van der Waals surface area contributed by atoms with Crippen LogP contribution >= 0.6 is 11.6 Å². The molecule has 10 nitrogen and oxygen atoms in total. The molecule has 3 aromatic rings. The molecule has 2 N–H and O–H groups in total. The van der Waals surface area contributed by atoms with Crippen molar-refractivity contribution >= 4 is 34.8 Å². The van der Waals surface area contributed by atoms with Gasteiger partial charge >= 0.3 is 0 Å². The summed E-state index contributed by atoms with van der Waals surface area (Å²) in [6.45, 7) is 6.64. The summed E-state index contributed by atoms with van der Waals surface area (Å²) in [4.78, 5) is 43.1. The number of rotatable bonds is 7. The van der Waals surface area contributed by atoms with Crippen LogP contribution in [-0.4, -0.2) is 83.8 Å². The Labute approximate surface area is 263 Å². The topological polar surface area (TPSA) is 103 Å². The van der Waals surface area contributed by atoms with Crippen LogP contribution in [0.3, 0.4) is 0 Å². The Morgan fingerprint density at radius 1 is 0.932 bits per heavy atom. The van der Waals surface area contributed by atoms with Crippen molar-refractivity contribution in [2.24, 2.45) is 7.05 Å². The van der Waals surface area contributed by atoms with Gasteiger partial charge in [-0.25, -0.2) is 4.68 Å². The summed E-state index contributed by atoms with van der Waals surface area (Å²) in [5.74, 6) is -0.240. The first kappa shape index (κ1) is 30.3. The lowest BCUT2D eigenvalue weighted by atomic mass is 9.87. The number of carbonyl (C=O) groups excluding carboxylic acids is 2. The van der Waals surface area contributed by atoms with Gasteiger partial charge in [0, 0.05) is 71.0 Å². The summed E-state index contributed by atoms with van der Waals surface area (Å²) < 4.78 is 1.25. The summed E-state index contributed by atoms with van der Waals surface area (Å²) >= 11 is 6.31. The molecule has 232 valence electrons. The predicted octanol–water partition coefficient (Wildman–Crippen LogP) is 3.18. The van der Waals surface area contributed by atoms with E-state index in [1.165, 1.54) is 21.5 Å². The van der Waals surface area contributed by atoms with Crippen molar-refractivity contribution in [1.82, 2.24) is 24.9 Å². The Hall–Kier alpha value is -3.73. The lowest BCUT2D eigenvalue weighted by Gasteiger charge is -2.37. The maximum absolute atomic E-state index is 12.2. The first-order valence-corrected chi connectivity index (χ1v) is 15.8. The number of likely N-dealkylation sites (N-methyl/N-ethyl adjacent to an activating group) is 1. The minimum Gasteiger partial charge on any atom is -0.378 e. The lowest BCUT2D eigenvalue weighted by Crippen LogP contribution is -2.46. The second kappa shape index (κ2) is 13.1. The van der Waals surface area contributed by atoms with E-state index in [-0.39, 0.29) is 34.4 Å². The highest BCUT2D eigenvalue weighted by Gasteiger charge is 2.29. The highest BCUT2D eigenvalue weighted by molar-refractivity contribution is 6.32. The zero-order chi connectivity index (χ0) is 30.8. The monoisotopic (exact) mass is 617 g/mol. The molecule has 6 rings (SSSR count). The summed E-state index contributed by atoms with van der Waals surface area (Å²) in [5, 5.41) is 10.2. The first-order chi connectivity index (χ1) is 21.2. The highest BCUT2D eigenvalue weighted by atomic mass is 35.5. The first-order valence-electron chi connectivity index (χ1n) is 15.4. The lowest BCUT2D eigenvalue weighted by molar-refractivity contribution is -0.134. The highest BCUT2D eigenvalue weighted by Crippen LogP contribution is 2.30. The van der Waals surface area contributed by atoms with Gasteiger partial charge in [-0.1, -0.05) is 48.0 Å². The quantitative estimate of drug-likeness (QED) is 0.390. The molecule has 0 saturated carbocycles. The van der Waals surface area contributed by atoms with Crippen molar-refractivity contribution in [2.45, 2.75) is 43.7 Å². The number of carbonyl (C=O) groups is 2. The molecule has 1 aromatic heterocycles. The van der Waals surface area contributed by atoms with E-state index < -0.39 is 0 Å². The second-order valence-electron chi connectivity index (χ2n) is 12.4. The molecule has 4 heterocycles. The van der Waals surface area contributed by atoms with Crippen LogP contribution in [0.5, 0.6) is 0 Å². The van der Waals surface area contributed by atoms with E-state index in [1.807, 2.05) is 12.1 Å². The van der Waals surface area contributed by atoms with Gasteiger partial charge in [0.15, 0.2) is 0 Å². The number of anilines is 2. The summed E-state index contributed by atoms with van der Waals surface area (Å²) in [6.07, 6.45) is 3.54. The third-order valence-electron chi connectivity index (χ3n) is 9.20. The number of imide groups is 1. The Morgan fingerprint density at radius 3 is 2.34 bits per heavy atom. The Balaban J connectivity index is 1.00. The van der Waals surface area contributed by atoms with Crippen molar-refractivity contribution in [1.29, 1.82) is 0 Å². The average Bonchev–Trinajstić information content (AvgIpc) is 3.02. The van der Waals surface area contributed by atoms with Crippen LogP contribution in [0.15, 0.2) is 59.5 Å². The fraction of sp³-hybridized carbons (Fsp3) is 0.455. The van der Waals surface area contributed by atoms with E-state index >= 15 is 0 Å². The number of hydrogen-bond donors (Lipinski definition) is 2. The van der Waals surface area contributed by atoms with Gasteiger partial charge in [0.1, 0.15) is 5.02 Å². The predicted molar refractivity (Wildman–Crippen MR) is 172 cm³/mol. The van der Waals surface area contributed by atoms with Crippen LogP contribution < -0.4 is 21.1 Å². The molecule has 0 radical (unpaired) electrons. The van der Waals surface area contributed by atoms with Crippen molar-refractivity contribution < 1.29 is 9.59 Å². The number of benzene rings is 2. The molecule has 3 atom stereocenters. The standard InChI is InChI=1S/C33H40ClN7O3/c1-38-20-25(17-26(21-38)36-29-18-35-39(2)33(44)31(29)34)23-5-3-22(4-6-23)19-40-13-15-41(16-14-40)27-9-7-24(8-10-27)28-11-12-30(42)37-32(28)43/h3-10,18,25-26,28,36H,11-17,19-21H2,1-2H3,(H,37,42,43)/t25-,26+,28?/m1/s1. The smallest absolute Gasteiger partial charge is 0.287 e. The molecule has 2 aromatic carbocycles. The van der Waals surface area contributed by atoms with Gasteiger partial charge < -0.3 is 15.1 Å². The molecule has 3 aliphatic heterocycles. The summed E-state index contributed by atoms with van der Waals surface area (Å²) in [5.41, 5.74) is 5.07. The van der Waals surface area contributed by atoms with Crippen LogP contribution in [0.25, 0.3) is 0 Å². The molecule has 44 heavy (non-hydrogen) atoms. The molecule has 3 fully saturated rings. The zero-order valence-electron chi connectivity index (χ0n) is 25.3. The average molecular weight is 618 g/mol.